The van der Waals surface area contributed by atoms with Gasteiger partial charge in [0.25, 0.3) is 0 Å². The van der Waals surface area contributed by atoms with Crippen LogP contribution < -0.4 is 3.48 Å². The first-order valence-corrected chi connectivity index (χ1v) is 6.02. The molecule has 0 aromatic rings. The van der Waals surface area contributed by atoms with E-state index in [2.05, 4.69) is 6.53 Å². The molecule has 0 aromatic carbocycles. The SMILES string of the molecule is COCC[NH][Sb][N]1CCC1. The van der Waals surface area contributed by atoms with Gasteiger partial charge in [-0.2, -0.15) is 0 Å². The van der Waals surface area contributed by atoms with Crippen LogP contribution in [0.5, 0.6) is 0 Å². The molecule has 0 aromatic heterocycles. The van der Waals surface area contributed by atoms with E-state index in [4.69, 9.17) is 4.74 Å². The number of hydrogen-bond donors (Lipinski definition) is 1. The van der Waals surface area contributed by atoms with E-state index in [0.29, 0.717) is 0 Å². The quantitative estimate of drug-likeness (QED) is 0.525. The summed E-state index contributed by atoms with van der Waals surface area (Å²) in [5, 5.41) is 0. The average molecular weight is 252 g/mol. The first kappa shape index (κ1) is 8.79. The second kappa shape index (κ2) is 5.36. The summed E-state index contributed by atoms with van der Waals surface area (Å²) in [5.74, 6) is 0. The van der Waals surface area contributed by atoms with E-state index >= 15 is 0 Å². The van der Waals surface area contributed by atoms with E-state index in [1.807, 2.05) is 0 Å². The van der Waals surface area contributed by atoms with Crippen molar-refractivity contribution >= 4 is 22.2 Å². The van der Waals surface area contributed by atoms with Gasteiger partial charge >= 0.3 is 73.2 Å². The minimum absolute atomic E-state index is 0.185. The summed E-state index contributed by atoms with van der Waals surface area (Å²) >= 11 is -0.185. The van der Waals surface area contributed by atoms with Crippen molar-refractivity contribution in [2.75, 3.05) is 33.4 Å². The van der Waals surface area contributed by atoms with Crippen LogP contribution in [-0.4, -0.2) is 58.6 Å². The first-order valence-electron chi connectivity index (χ1n) is 3.61. The Morgan fingerprint density at radius 1 is 1.60 bits per heavy atom. The van der Waals surface area contributed by atoms with Gasteiger partial charge in [0.05, 0.1) is 0 Å². The van der Waals surface area contributed by atoms with Crippen molar-refractivity contribution in [3.63, 3.8) is 0 Å². The molecule has 10 heavy (non-hydrogen) atoms. The Morgan fingerprint density at radius 2 is 2.40 bits per heavy atom. The Morgan fingerprint density at radius 3 is 2.90 bits per heavy atom. The van der Waals surface area contributed by atoms with Gasteiger partial charge in [0.15, 0.2) is 0 Å². The van der Waals surface area contributed by atoms with Gasteiger partial charge in [-0.25, -0.2) is 0 Å². The van der Waals surface area contributed by atoms with E-state index in [-0.39, 0.29) is 22.2 Å². The molecule has 59 valence electrons. The molecule has 0 saturated carbocycles. The topological polar surface area (TPSA) is 24.5 Å². The van der Waals surface area contributed by atoms with Gasteiger partial charge in [-0.3, -0.25) is 0 Å². The molecule has 1 saturated heterocycles. The third-order valence-corrected chi connectivity index (χ3v) is 4.45. The number of nitrogens with zero attached hydrogens (tertiary/aromatic N) is 1. The Kier molecular flexibility index (Phi) is 4.71. The van der Waals surface area contributed by atoms with Crippen molar-refractivity contribution in [2.24, 2.45) is 0 Å². The Balaban J connectivity index is 1.76. The van der Waals surface area contributed by atoms with Crippen molar-refractivity contribution in [3.05, 3.63) is 0 Å². The molecule has 0 atom stereocenters. The Bertz CT molecular complexity index is 87.8. The molecule has 1 aliphatic heterocycles. The van der Waals surface area contributed by atoms with Crippen LogP contribution in [0.2, 0.25) is 0 Å². The van der Waals surface area contributed by atoms with Crippen LogP contribution in [0.4, 0.5) is 0 Å². The van der Waals surface area contributed by atoms with Crippen LogP contribution >= 0.6 is 0 Å². The van der Waals surface area contributed by atoms with Crippen LogP contribution in [-0.2, 0) is 4.74 Å². The number of methoxy groups -OCH3 is 1. The molecule has 1 heterocycles. The van der Waals surface area contributed by atoms with Crippen molar-refractivity contribution in [3.8, 4) is 0 Å². The molecule has 1 N–H and O–H groups in total. The molecule has 0 aliphatic carbocycles. The Hall–Kier alpha value is 0.698. The summed E-state index contributed by atoms with van der Waals surface area (Å²) in [6, 6.07) is 0. The third kappa shape index (κ3) is 3.20. The molecule has 0 spiro atoms. The second-order valence-electron chi connectivity index (χ2n) is 2.31. The van der Waals surface area contributed by atoms with Crippen LogP contribution in [0, 0.1) is 0 Å². The number of rotatable bonds is 5. The molecular formula is C6H14N2OSb. The first-order chi connectivity index (χ1) is 4.93. The molecule has 0 bridgehead atoms. The summed E-state index contributed by atoms with van der Waals surface area (Å²) in [5.41, 5.74) is 0. The summed E-state index contributed by atoms with van der Waals surface area (Å²) in [4.78, 5) is 0. The van der Waals surface area contributed by atoms with Gasteiger partial charge in [-0.15, -0.1) is 0 Å². The zero-order valence-corrected chi connectivity index (χ0v) is 8.89. The third-order valence-electron chi connectivity index (χ3n) is 1.46. The van der Waals surface area contributed by atoms with Crippen LogP contribution in [0.1, 0.15) is 6.42 Å². The van der Waals surface area contributed by atoms with E-state index in [9.17, 15) is 0 Å². The molecule has 3 nitrogen and oxygen atoms in total. The molecule has 1 aliphatic rings. The van der Waals surface area contributed by atoms with Crippen LogP contribution in [0.15, 0.2) is 0 Å². The number of hydrogen-bond acceptors (Lipinski definition) is 3. The van der Waals surface area contributed by atoms with E-state index in [1.165, 1.54) is 19.5 Å². The van der Waals surface area contributed by atoms with Gasteiger partial charge in [-0.1, -0.05) is 0 Å². The zero-order chi connectivity index (χ0) is 7.23. The molecule has 1 radical (unpaired) electrons. The standard InChI is InChI=1S/C3H8NO.C3H6N.Sb/c1-5-3-2-4;1-2-4-3-1;/h4H,2-3H2,1H3;1-3H2;/q2*-1;+2. The molecule has 0 amide bonds. The van der Waals surface area contributed by atoms with Gasteiger partial charge in [0.1, 0.15) is 0 Å². The monoisotopic (exact) mass is 251 g/mol. The zero-order valence-electron chi connectivity index (χ0n) is 6.34. The molecule has 4 heteroatoms. The fourth-order valence-electron chi connectivity index (χ4n) is 0.697. The van der Waals surface area contributed by atoms with Crippen molar-refractivity contribution in [1.29, 1.82) is 0 Å². The Labute approximate surface area is 73.4 Å². The molecule has 1 rings (SSSR count). The summed E-state index contributed by atoms with van der Waals surface area (Å²) in [7, 11) is 1.74. The van der Waals surface area contributed by atoms with Crippen molar-refractivity contribution in [1.82, 2.24) is 6.53 Å². The normalized spacial score (nSPS) is 18.9. The molecule has 0 unspecified atom stereocenters. The maximum atomic E-state index is 4.92. The predicted molar refractivity (Wildman–Crippen MR) is 41.8 cm³/mol. The fraction of sp³-hybridized carbons (Fsp3) is 1.00. The van der Waals surface area contributed by atoms with Crippen LogP contribution in [0.25, 0.3) is 0 Å². The number of ether oxygens (including phenoxy) is 1. The number of nitrogens with one attached hydrogen (secondary N) is 1. The van der Waals surface area contributed by atoms with E-state index < -0.39 is 0 Å². The maximum absolute atomic E-state index is 4.92. The van der Waals surface area contributed by atoms with Gasteiger partial charge in [0, 0.05) is 0 Å². The van der Waals surface area contributed by atoms with Crippen molar-refractivity contribution in [2.45, 2.75) is 6.42 Å². The minimum atomic E-state index is -0.185. The van der Waals surface area contributed by atoms with Gasteiger partial charge < -0.3 is 0 Å². The summed E-state index contributed by atoms with van der Waals surface area (Å²) in [6.07, 6.45) is 1.40. The second-order valence-corrected chi connectivity index (χ2v) is 5.40. The summed E-state index contributed by atoms with van der Waals surface area (Å²) in [6.45, 7) is 4.54. The summed E-state index contributed by atoms with van der Waals surface area (Å²) < 4.78 is 10.9. The molecular weight excluding hydrogens is 238 g/mol. The van der Waals surface area contributed by atoms with Crippen LogP contribution in [0.3, 0.4) is 0 Å². The van der Waals surface area contributed by atoms with Gasteiger partial charge in [0.2, 0.25) is 0 Å². The fourth-order valence-corrected chi connectivity index (χ4v) is 3.19. The predicted octanol–water partition coefficient (Wildman–Crippen LogP) is -0.538. The van der Waals surface area contributed by atoms with E-state index in [0.717, 1.165) is 13.2 Å². The van der Waals surface area contributed by atoms with E-state index in [1.54, 1.807) is 7.11 Å². The van der Waals surface area contributed by atoms with Crippen molar-refractivity contribution < 1.29 is 4.74 Å². The molecule has 1 fully saturated rings. The van der Waals surface area contributed by atoms with Gasteiger partial charge in [-0.05, 0) is 0 Å². The average Bonchev–Trinajstić information content (AvgIpc) is 1.84.